The van der Waals surface area contributed by atoms with E-state index in [-0.39, 0.29) is 0 Å². The number of rotatable bonds is 4. The average molecular weight is 289 g/mol. The minimum absolute atomic E-state index is 0.424. The summed E-state index contributed by atoms with van der Waals surface area (Å²) in [6, 6.07) is 14.6. The SMILES string of the molecule is Clc1ccc(NC2CCN(Cc3ccccc3)C2)nn1. The quantitative estimate of drug-likeness (QED) is 0.939. The number of hydrogen-bond donors (Lipinski definition) is 1. The number of anilines is 1. The molecule has 1 fully saturated rings. The van der Waals surface area contributed by atoms with Crippen LogP contribution in [0.1, 0.15) is 12.0 Å². The lowest BCUT2D eigenvalue weighted by Crippen LogP contribution is -2.26. The van der Waals surface area contributed by atoms with Crippen LogP contribution in [0.15, 0.2) is 42.5 Å². The van der Waals surface area contributed by atoms with Gasteiger partial charge >= 0.3 is 0 Å². The highest BCUT2D eigenvalue weighted by molar-refractivity contribution is 6.29. The van der Waals surface area contributed by atoms with Crippen LogP contribution < -0.4 is 5.32 Å². The molecule has 3 rings (SSSR count). The van der Waals surface area contributed by atoms with E-state index in [0.29, 0.717) is 11.2 Å². The fourth-order valence-corrected chi connectivity index (χ4v) is 2.64. The van der Waals surface area contributed by atoms with Crippen LogP contribution in [-0.2, 0) is 6.54 Å². The second-order valence-electron chi connectivity index (χ2n) is 5.09. The zero-order chi connectivity index (χ0) is 13.8. The minimum Gasteiger partial charge on any atom is -0.365 e. The van der Waals surface area contributed by atoms with E-state index < -0.39 is 0 Å². The van der Waals surface area contributed by atoms with Gasteiger partial charge in [-0.05, 0) is 24.1 Å². The molecule has 0 amide bonds. The summed E-state index contributed by atoms with van der Waals surface area (Å²) >= 11 is 5.73. The van der Waals surface area contributed by atoms with Gasteiger partial charge in [-0.15, -0.1) is 10.2 Å². The molecule has 0 saturated carbocycles. The Hall–Kier alpha value is -1.65. The standard InChI is InChI=1S/C15H17ClN4/c16-14-6-7-15(19-18-14)17-13-8-9-20(11-13)10-12-4-2-1-3-5-12/h1-7,13H,8-11H2,(H,17,19). The van der Waals surface area contributed by atoms with Gasteiger partial charge in [-0.1, -0.05) is 41.9 Å². The fourth-order valence-electron chi connectivity index (χ4n) is 2.54. The lowest BCUT2D eigenvalue weighted by molar-refractivity contribution is 0.328. The molecule has 2 heterocycles. The molecule has 2 aromatic rings. The third-order valence-corrected chi connectivity index (χ3v) is 3.71. The van der Waals surface area contributed by atoms with Gasteiger partial charge < -0.3 is 5.32 Å². The van der Waals surface area contributed by atoms with Crippen LogP contribution in [0, 0.1) is 0 Å². The molecule has 0 radical (unpaired) electrons. The Balaban J connectivity index is 1.53. The van der Waals surface area contributed by atoms with Crippen molar-refractivity contribution < 1.29 is 0 Å². The summed E-state index contributed by atoms with van der Waals surface area (Å²) in [5.41, 5.74) is 1.36. The van der Waals surface area contributed by atoms with Gasteiger partial charge in [-0.25, -0.2) is 0 Å². The molecular formula is C15H17ClN4. The molecule has 0 aliphatic carbocycles. The van der Waals surface area contributed by atoms with Crippen molar-refractivity contribution in [1.82, 2.24) is 15.1 Å². The predicted molar refractivity (Wildman–Crippen MR) is 80.8 cm³/mol. The van der Waals surface area contributed by atoms with Crippen molar-refractivity contribution in [3.63, 3.8) is 0 Å². The summed E-state index contributed by atoms with van der Waals surface area (Å²) in [4.78, 5) is 2.45. The topological polar surface area (TPSA) is 41.0 Å². The van der Waals surface area contributed by atoms with Crippen LogP contribution in [-0.4, -0.2) is 34.2 Å². The molecule has 1 aromatic heterocycles. The zero-order valence-corrected chi connectivity index (χ0v) is 11.9. The van der Waals surface area contributed by atoms with Gasteiger partial charge in [-0.2, -0.15) is 0 Å². The average Bonchev–Trinajstić information content (AvgIpc) is 2.90. The normalized spacial score (nSPS) is 19.1. The third-order valence-electron chi connectivity index (χ3n) is 3.51. The van der Waals surface area contributed by atoms with Gasteiger partial charge in [0, 0.05) is 25.7 Å². The Morgan fingerprint density at radius 2 is 2.00 bits per heavy atom. The second kappa shape index (κ2) is 6.20. The highest BCUT2D eigenvalue weighted by Crippen LogP contribution is 2.17. The highest BCUT2D eigenvalue weighted by atomic mass is 35.5. The number of nitrogens with one attached hydrogen (secondary N) is 1. The van der Waals surface area contributed by atoms with E-state index in [4.69, 9.17) is 11.6 Å². The third kappa shape index (κ3) is 3.46. The maximum atomic E-state index is 5.73. The number of halogens is 1. The summed E-state index contributed by atoms with van der Waals surface area (Å²) in [7, 11) is 0. The summed E-state index contributed by atoms with van der Waals surface area (Å²) < 4.78 is 0. The Bertz CT molecular complexity index is 544. The summed E-state index contributed by atoms with van der Waals surface area (Å²) in [5, 5.41) is 11.7. The molecule has 4 nitrogen and oxygen atoms in total. The molecule has 5 heteroatoms. The van der Waals surface area contributed by atoms with Crippen LogP contribution in [0.4, 0.5) is 5.82 Å². The van der Waals surface area contributed by atoms with Crippen LogP contribution in [0.3, 0.4) is 0 Å². The lowest BCUT2D eigenvalue weighted by atomic mass is 10.2. The molecule has 1 atom stereocenters. The van der Waals surface area contributed by atoms with E-state index in [1.54, 1.807) is 6.07 Å². The Kier molecular flexibility index (Phi) is 4.14. The molecule has 20 heavy (non-hydrogen) atoms. The van der Waals surface area contributed by atoms with E-state index >= 15 is 0 Å². The molecule has 104 valence electrons. The summed E-state index contributed by atoms with van der Waals surface area (Å²) in [5.74, 6) is 0.793. The number of aromatic nitrogens is 2. The molecule has 1 aliphatic heterocycles. The van der Waals surface area contributed by atoms with Crippen molar-refractivity contribution in [2.24, 2.45) is 0 Å². The van der Waals surface area contributed by atoms with Gasteiger partial charge in [-0.3, -0.25) is 4.90 Å². The summed E-state index contributed by atoms with van der Waals surface area (Å²) in [6.07, 6.45) is 1.12. The van der Waals surface area contributed by atoms with E-state index in [1.165, 1.54) is 5.56 Å². The number of hydrogen-bond acceptors (Lipinski definition) is 4. The van der Waals surface area contributed by atoms with Gasteiger partial charge in [0.1, 0.15) is 5.82 Å². The molecule has 0 bridgehead atoms. The molecule has 0 spiro atoms. The van der Waals surface area contributed by atoms with E-state index in [9.17, 15) is 0 Å². The van der Waals surface area contributed by atoms with E-state index in [2.05, 4.69) is 50.7 Å². The first-order valence-corrected chi connectivity index (χ1v) is 7.19. The van der Waals surface area contributed by atoms with Crippen LogP contribution in [0.2, 0.25) is 5.15 Å². The molecular weight excluding hydrogens is 272 g/mol. The highest BCUT2D eigenvalue weighted by Gasteiger charge is 2.22. The Morgan fingerprint density at radius 3 is 2.75 bits per heavy atom. The van der Waals surface area contributed by atoms with Crippen molar-refractivity contribution in [2.75, 3.05) is 18.4 Å². The van der Waals surface area contributed by atoms with Crippen molar-refractivity contribution in [2.45, 2.75) is 19.0 Å². The summed E-state index contributed by atoms with van der Waals surface area (Å²) in [6.45, 7) is 3.14. The predicted octanol–water partition coefficient (Wildman–Crippen LogP) is 2.82. The van der Waals surface area contributed by atoms with E-state index in [0.717, 1.165) is 31.9 Å². The fraction of sp³-hybridized carbons (Fsp3) is 0.333. The minimum atomic E-state index is 0.424. The first-order valence-electron chi connectivity index (χ1n) is 6.81. The van der Waals surface area contributed by atoms with Crippen LogP contribution in [0.5, 0.6) is 0 Å². The monoisotopic (exact) mass is 288 g/mol. The van der Waals surface area contributed by atoms with Gasteiger partial charge in [0.05, 0.1) is 0 Å². The van der Waals surface area contributed by atoms with Gasteiger partial charge in [0.25, 0.3) is 0 Å². The first-order chi connectivity index (χ1) is 9.79. The smallest absolute Gasteiger partial charge is 0.151 e. The number of likely N-dealkylation sites (tertiary alicyclic amines) is 1. The molecule has 1 aromatic carbocycles. The van der Waals surface area contributed by atoms with Crippen molar-refractivity contribution >= 4 is 17.4 Å². The van der Waals surface area contributed by atoms with Gasteiger partial charge in [0.15, 0.2) is 5.15 Å². The van der Waals surface area contributed by atoms with Crippen molar-refractivity contribution in [3.8, 4) is 0 Å². The second-order valence-corrected chi connectivity index (χ2v) is 5.48. The van der Waals surface area contributed by atoms with E-state index in [1.807, 2.05) is 6.07 Å². The van der Waals surface area contributed by atoms with Crippen molar-refractivity contribution in [1.29, 1.82) is 0 Å². The lowest BCUT2D eigenvalue weighted by Gasteiger charge is -2.16. The van der Waals surface area contributed by atoms with Crippen LogP contribution >= 0.6 is 11.6 Å². The molecule has 1 aliphatic rings. The van der Waals surface area contributed by atoms with Crippen LogP contribution in [0.25, 0.3) is 0 Å². The molecule has 1 N–H and O–H groups in total. The largest absolute Gasteiger partial charge is 0.365 e. The van der Waals surface area contributed by atoms with Crippen molar-refractivity contribution in [3.05, 3.63) is 53.2 Å². The Labute approximate surface area is 123 Å². The molecule has 1 saturated heterocycles. The maximum Gasteiger partial charge on any atom is 0.151 e. The number of benzene rings is 1. The molecule has 1 unspecified atom stereocenters. The number of nitrogens with zero attached hydrogens (tertiary/aromatic N) is 3. The maximum absolute atomic E-state index is 5.73. The Morgan fingerprint density at radius 1 is 1.15 bits per heavy atom. The first kappa shape index (κ1) is 13.3. The van der Waals surface area contributed by atoms with Gasteiger partial charge in [0.2, 0.25) is 0 Å². The zero-order valence-electron chi connectivity index (χ0n) is 11.2.